The highest BCUT2D eigenvalue weighted by Gasteiger charge is 2.10. The summed E-state index contributed by atoms with van der Waals surface area (Å²) in [5.41, 5.74) is 0.680. The van der Waals surface area contributed by atoms with Crippen molar-refractivity contribution in [1.29, 1.82) is 0 Å². The Hall–Kier alpha value is -1.64. The molecule has 1 aromatic carbocycles. The SMILES string of the molecule is CCC(C)NC(=O)/C(F)=C\c1ccccc1. The van der Waals surface area contributed by atoms with Gasteiger partial charge in [-0.15, -0.1) is 0 Å². The Morgan fingerprint density at radius 2 is 2.06 bits per heavy atom. The molecule has 1 rings (SSSR count). The molecule has 0 heterocycles. The molecule has 0 saturated heterocycles. The van der Waals surface area contributed by atoms with Gasteiger partial charge in [0.15, 0.2) is 5.83 Å². The van der Waals surface area contributed by atoms with E-state index in [4.69, 9.17) is 0 Å². The van der Waals surface area contributed by atoms with Crippen LogP contribution in [0.3, 0.4) is 0 Å². The molecule has 0 saturated carbocycles. The van der Waals surface area contributed by atoms with Crippen molar-refractivity contribution in [2.24, 2.45) is 0 Å². The number of hydrogen-bond acceptors (Lipinski definition) is 1. The van der Waals surface area contributed by atoms with Gasteiger partial charge in [-0.2, -0.15) is 0 Å². The van der Waals surface area contributed by atoms with Crippen LogP contribution in [0.4, 0.5) is 4.39 Å². The van der Waals surface area contributed by atoms with Crippen LogP contribution >= 0.6 is 0 Å². The van der Waals surface area contributed by atoms with E-state index >= 15 is 0 Å². The van der Waals surface area contributed by atoms with Crippen molar-refractivity contribution in [2.45, 2.75) is 26.3 Å². The van der Waals surface area contributed by atoms with Gasteiger partial charge in [-0.05, 0) is 25.0 Å². The van der Waals surface area contributed by atoms with Crippen molar-refractivity contribution in [3.05, 3.63) is 41.7 Å². The summed E-state index contributed by atoms with van der Waals surface area (Å²) in [4.78, 5) is 11.4. The van der Waals surface area contributed by atoms with Gasteiger partial charge in [0.25, 0.3) is 5.91 Å². The van der Waals surface area contributed by atoms with Crippen molar-refractivity contribution in [3.8, 4) is 0 Å². The average molecular weight is 221 g/mol. The molecular formula is C13H16FNO. The average Bonchev–Trinajstić information content (AvgIpc) is 2.30. The summed E-state index contributed by atoms with van der Waals surface area (Å²) < 4.78 is 13.4. The van der Waals surface area contributed by atoms with Crippen LogP contribution in [0.15, 0.2) is 36.2 Å². The van der Waals surface area contributed by atoms with Gasteiger partial charge in [0, 0.05) is 6.04 Å². The molecule has 1 unspecified atom stereocenters. The number of carbonyl (C=O) groups is 1. The summed E-state index contributed by atoms with van der Waals surface area (Å²) >= 11 is 0. The van der Waals surface area contributed by atoms with E-state index in [9.17, 15) is 9.18 Å². The van der Waals surface area contributed by atoms with E-state index in [1.165, 1.54) is 6.08 Å². The van der Waals surface area contributed by atoms with Crippen molar-refractivity contribution in [1.82, 2.24) is 5.32 Å². The molecule has 0 aromatic heterocycles. The van der Waals surface area contributed by atoms with Gasteiger partial charge in [0.2, 0.25) is 0 Å². The first-order valence-electron chi connectivity index (χ1n) is 5.36. The number of hydrogen-bond donors (Lipinski definition) is 1. The van der Waals surface area contributed by atoms with Crippen molar-refractivity contribution in [2.75, 3.05) is 0 Å². The van der Waals surface area contributed by atoms with E-state index in [0.717, 1.165) is 6.42 Å². The maximum atomic E-state index is 13.4. The zero-order chi connectivity index (χ0) is 12.0. The summed E-state index contributed by atoms with van der Waals surface area (Å²) in [5.74, 6) is -1.41. The highest BCUT2D eigenvalue weighted by atomic mass is 19.1. The normalized spacial score (nSPS) is 13.3. The van der Waals surface area contributed by atoms with Gasteiger partial charge in [-0.25, -0.2) is 4.39 Å². The fourth-order valence-corrected chi connectivity index (χ4v) is 1.16. The highest BCUT2D eigenvalue weighted by molar-refractivity contribution is 5.95. The molecule has 1 amide bonds. The third kappa shape index (κ3) is 3.85. The number of rotatable bonds is 4. The third-order valence-electron chi connectivity index (χ3n) is 2.30. The largest absolute Gasteiger partial charge is 0.348 e. The standard InChI is InChI=1S/C13H16FNO/c1-3-10(2)15-13(16)12(14)9-11-7-5-4-6-8-11/h4-10H,3H2,1-2H3,(H,15,16)/b12-9+. The Labute approximate surface area is 95.2 Å². The maximum absolute atomic E-state index is 13.4. The Balaban J connectivity index is 2.67. The van der Waals surface area contributed by atoms with Crippen molar-refractivity contribution < 1.29 is 9.18 Å². The number of benzene rings is 1. The molecule has 0 bridgehead atoms. The molecule has 2 nitrogen and oxygen atoms in total. The number of amides is 1. The quantitative estimate of drug-likeness (QED) is 0.778. The van der Waals surface area contributed by atoms with E-state index in [2.05, 4.69) is 5.32 Å². The van der Waals surface area contributed by atoms with Gasteiger partial charge < -0.3 is 5.32 Å². The third-order valence-corrected chi connectivity index (χ3v) is 2.30. The minimum atomic E-state index is -0.758. The zero-order valence-electron chi connectivity index (χ0n) is 9.53. The van der Waals surface area contributed by atoms with Gasteiger partial charge in [0.05, 0.1) is 0 Å². The zero-order valence-corrected chi connectivity index (χ0v) is 9.53. The first-order valence-corrected chi connectivity index (χ1v) is 5.36. The van der Waals surface area contributed by atoms with Gasteiger partial charge in [0.1, 0.15) is 0 Å². The van der Waals surface area contributed by atoms with Gasteiger partial charge >= 0.3 is 0 Å². The highest BCUT2D eigenvalue weighted by Crippen LogP contribution is 2.08. The molecule has 1 N–H and O–H groups in total. The maximum Gasteiger partial charge on any atom is 0.280 e. The Morgan fingerprint density at radius 1 is 1.44 bits per heavy atom. The van der Waals surface area contributed by atoms with Crippen LogP contribution in [0.5, 0.6) is 0 Å². The second-order valence-electron chi connectivity index (χ2n) is 3.69. The molecule has 1 aromatic rings. The van der Waals surface area contributed by atoms with Crippen LogP contribution < -0.4 is 5.32 Å². The summed E-state index contributed by atoms with van der Waals surface area (Å²) in [6.45, 7) is 3.78. The molecule has 16 heavy (non-hydrogen) atoms. The topological polar surface area (TPSA) is 29.1 Å². The molecule has 0 aliphatic heterocycles. The molecule has 86 valence electrons. The lowest BCUT2D eigenvalue weighted by atomic mass is 10.2. The second kappa shape index (κ2) is 6.05. The molecule has 0 aliphatic carbocycles. The lowest BCUT2D eigenvalue weighted by Crippen LogP contribution is -2.32. The van der Waals surface area contributed by atoms with Gasteiger partial charge in [-0.1, -0.05) is 37.3 Å². The van der Waals surface area contributed by atoms with Crippen LogP contribution in [0.25, 0.3) is 6.08 Å². The Morgan fingerprint density at radius 3 is 2.62 bits per heavy atom. The van der Waals surface area contributed by atoms with E-state index in [-0.39, 0.29) is 6.04 Å². The predicted octanol–water partition coefficient (Wildman–Crippen LogP) is 2.91. The molecule has 0 spiro atoms. The monoisotopic (exact) mass is 221 g/mol. The molecule has 0 fully saturated rings. The number of nitrogens with one attached hydrogen (secondary N) is 1. The summed E-state index contributed by atoms with van der Waals surface area (Å²) in [5, 5.41) is 2.57. The second-order valence-corrected chi connectivity index (χ2v) is 3.69. The minimum absolute atomic E-state index is 0.0116. The smallest absolute Gasteiger partial charge is 0.280 e. The fraction of sp³-hybridized carbons (Fsp3) is 0.308. The van der Waals surface area contributed by atoms with E-state index < -0.39 is 11.7 Å². The van der Waals surface area contributed by atoms with E-state index in [0.29, 0.717) is 5.56 Å². The van der Waals surface area contributed by atoms with Gasteiger partial charge in [-0.3, -0.25) is 4.79 Å². The lowest BCUT2D eigenvalue weighted by Gasteiger charge is -2.09. The molecule has 0 aliphatic rings. The van der Waals surface area contributed by atoms with E-state index in [1.54, 1.807) is 24.3 Å². The van der Waals surface area contributed by atoms with Crippen LogP contribution in [0.1, 0.15) is 25.8 Å². The van der Waals surface area contributed by atoms with Crippen LogP contribution in [0.2, 0.25) is 0 Å². The first-order chi connectivity index (χ1) is 7.63. The first kappa shape index (κ1) is 12.4. The molecule has 3 heteroatoms. The lowest BCUT2D eigenvalue weighted by molar-refractivity contribution is -0.119. The summed E-state index contributed by atoms with van der Waals surface area (Å²) in [6, 6.07) is 8.92. The predicted molar refractivity (Wildman–Crippen MR) is 63.4 cm³/mol. The summed E-state index contributed by atoms with van der Waals surface area (Å²) in [6.07, 6.45) is 2.02. The number of carbonyl (C=O) groups excluding carboxylic acids is 1. The van der Waals surface area contributed by atoms with Crippen molar-refractivity contribution in [3.63, 3.8) is 0 Å². The van der Waals surface area contributed by atoms with Crippen LogP contribution in [-0.2, 0) is 4.79 Å². The summed E-state index contributed by atoms with van der Waals surface area (Å²) in [7, 11) is 0. The van der Waals surface area contributed by atoms with Crippen LogP contribution in [0, 0.1) is 0 Å². The number of halogens is 1. The molecule has 1 atom stereocenters. The van der Waals surface area contributed by atoms with E-state index in [1.807, 2.05) is 19.9 Å². The van der Waals surface area contributed by atoms with Crippen LogP contribution in [-0.4, -0.2) is 11.9 Å². The minimum Gasteiger partial charge on any atom is -0.348 e. The molecular weight excluding hydrogens is 205 g/mol. The molecule has 0 radical (unpaired) electrons. The Bertz CT molecular complexity index is 373. The van der Waals surface area contributed by atoms with Crippen molar-refractivity contribution >= 4 is 12.0 Å². The Kier molecular flexibility index (Phi) is 4.70. The fourth-order valence-electron chi connectivity index (χ4n) is 1.16.